The zero-order valence-corrected chi connectivity index (χ0v) is 18.8. The average Bonchev–Trinajstić information content (AvgIpc) is 2.86. The van der Waals surface area contributed by atoms with Gasteiger partial charge in [0.1, 0.15) is 0 Å². The number of carboxylic acids is 2. The fraction of sp³-hybridized carbons (Fsp3) is 0.458. The Morgan fingerprint density at radius 2 is 1.42 bits per heavy atom. The van der Waals surface area contributed by atoms with Crippen LogP contribution in [0.5, 0.6) is 0 Å². The molecule has 2 aromatic rings. The van der Waals surface area contributed by atoms with Crippen LogP contribution in [0.3, 0.4) is 0 Å². The fourth-order valence-electron chi connectivity index (χ4n) is 3.89. The van der Waals surface area contributed by atoms with Gasteiger partial charge in [-0.1, -0.05) is 18.9 Å². The Bertz CT molecular complexity index is 941. The van der Waals surface area contributed by atoms with Crippen molar-refractivity contribution in [2.24, 2.45) is 0 Å². The Hall–Kier alpha value is -2.93. The maximum Gasteiger partial charge on any atom is 0.414 e. The number of carboxylic acid groups (broad SMARTS) is 2. The zero-order valence-electron chi connectivity index (χ0n) is 18.8. The van der Waals surface area contributed by atoms with Gasteiger partial charge in [-0.2, -0.15) is 0 Å². The first kappa shape index (κ1) is 24.3. The molecule has 7 nitrogen and oxygen atoms in total. The second-order valence-electron chi connectivity index (χ2n) is 8.11. The molecule has 0 unspecified atom stereocenters. The van der Waals surface area contributed by atoms with E-state index >= 15 is 0 Å². The third-order valence-electron chi connectivity index (χ3n) is 5.73. The highest BCUT2D eigenvalue weighted by atomic mass is 16.4. The zero-order chi connectivity index (χ0) is 23.1. The molecule has 0 spiro atoms. The third kappa shape index (κ3) is 6.52. The first-order valence-electron chi connectivity index (χ1n) is 10.6. The minimum atomic E-state index is -1.82. The highest BCUT2D eigenvalue weighted by Crippen LogP contribution is 2.23. The SMILES string of the molecule is Cc1ccc(-n2c(C)cc(C(=O)CN3CCCCCC3)c2C)cc1C.O=C(O)C(=O)O. The smallest absolute Gasteiger partial charge is 0.414 e. The normalized spacial score (nSPS) is 14.3. The summed E-state index contributed by atoms with van der Waals surface area (Å²) in [6.07, 6.45) is 5.03. The Kier molecular flexibility index (Phi) is 8.56. The van der Waals surface area contributed by atoms with E-state index in [1.807, 2.05) is 0 Å². The molecule has 1 fully saturated rings. The lowest BCUT2D eigenvalue weighted by molar-refractivity contribution is -0.159. The Morgan fingerprint density at radius 3 is 1.94 bits per heavy atom. The van der Waals surface area contributed by atoms with Crippen LogP contribution in [-0.2, 0) is 9.59 Å². The van der Waals surface area contributed by atoms with Crippen LogP contribution in [0, 0.1) is 27.7 Å². The van der Waals surface area contributed by atoms with E-state index < -0.39 is 11.9 Å². The van der Waals surface area contributed by atoms with Crippen molar-refractivity contribution in [3.8, 4) is 5.69 Å². The molecule has 1 aromatic heterocycles. The molecule has 1 aliphatic heterocycles. The summed E-state index contributed by atoms with van der Waals surface area (Å²) in [7, 11) is 0. The number of aryl methyl sites for hydroxylation is 3. The van der Waals surface area contributed by atoms with Gasteiger partial charge in [-0.25, -0.2) is 9.59 Å². The number of hydrogen-bond donors (Lipinski definition) is 2. The van der Waals surface area contributed by atoms with Crippen LogP contribution in [-0.4, -0.2) is 57.0 Å². The molecule has 3 rings (SSSR count). The van der Waals surface area contributed by atoms with Gasteiger partial charge in [0.05, 0.1) is 6.54 Å². The highest BCUT2D eigenvalue weighted by molar-refractivity contribution is 6.27. The summed E-state index contributed by atoms with van der Waals surface area (Å²) in [6, 6.07) is 8.57. The van der Waals surface area contributed by atoms with E-state index in [9.17, 15) is 4.79 Å². The molecule has 0 aliphatic carbocycles. The van der Waals surface area contributed by atoms with Crippen molar-refractivity contribution in [1.29, 1.82) is 0 Å². The van der Waals surface area contributed by atoms with Gasteiger partial charge in [0.25, 0.3) is 0 Å². The number of aromatic nitrogens is 1. The number of hydrogen-bond acceptors (Lipinski definition) is 4. The van der Waals surface area contributed by atoms with E-state index in [1.165, 1.54) is 36.8 Å². The molecule has 0 saturated carbocycles. The summed E-state index contributed by atoms with van der Waals surface area (Å²) in [4.78, 5) is 33.4. The number of nitrogens with zero attached hydrogens (tertiary/aromatic N) is 2. The van der Waals surface area contributed by atoms with Crippen molar-refractivity contribution in [2.45, 2.75) is 53.4 Å². The predicted molar refractivity (Wildman–Crippen MR) is 119 cm³/mol. The number of rotatable bonds is 4. The maximum absolute atomic E-state index is 12.9. The molecule has 0 amide bonds. The number of likely N-dealkylation sites (tertiary alicyclic amines) is 1. The van der Waals surface area contributed by atoms with Crippen molar-refractivity contribution in [3.63, 3.8) is 0 Å². The monoisotopic (exact) mass is 428 g/mol. The molecule has 2 heterocycles. The summed E-state index contributed by atoms with van der Waals surface area (Å²) in [6.45, 7) is 11.1. The number of ketones is 1. The second kappa shape index (κ2) is 10.9. The van der Waals surface area contributed by atoms with Crippen LogP contribution in [0.4, 0.5) is 0 Å². The number of Topliss-reactive ketones (excluding diaryl/α,β-unsaturated/α-hetero) is 1. The summed E-state index contributed by atoms with van der Waals surface area (Å²) < 4.78 is 2.21. The fourth-order valence-corrected chi connectivity index (χ4v) is 3.89. The molecule has 1 aromatic carbocycles. The number of aliphatic carboxylic acids is 2. The minimum Gasteiger partial charge on any atom is -0.473 e. The molecule has 0 bridgehead atoms. The lowest BCUT2D eigenvalue weighted by Gasteiger charge is -2.18. The quantitative estimate of drug-likeness (QED) is 0.565. The van der Waals surface area contributed by atoms with Gasteiger partial charge >= 0.3 is 11.9 Å². The standard InChI is InChI=1S/C22H30N2O.C2H2O4/c1-16-9-10-20(13-17(16)2)24-18(3)14-21(19(24)4)22(25)15-23-11-7-5-6-8-12-23;3-1(4)2(5)6/h9-10,13-14H,5-8,11-12,15H2,1-4H3;(H,3,4)(H,5,6). The van der Waals surface area contributed by atoms with Gasteiger partial charge < -0.3 is 14.8 Å². The Balaban J connectivity index is 0.000000501. The number of carbonyl (C=O) groups excluding carboxylic acids is 1. The topological polar surface area (TPSA) is 99.8 Å². The van der Waals surface area contributed by atoms with Crippen LogP contribution in [0.25, 0.3) is 5.69 Å². The Labute approximate surface area is 183 Å². The van der Waals surface area contributed by atoms with Crippen molar-refractivity contribution in [3.05, 3.63) is 52.3 Å². The van der Waals surface area contributed by atoms with Crippen molar-refractivity contribution >= 4 is 17.7 Å². The summed E-state index contributed by atoms with van der Waals surface area (Å²) >= 11 is 0. The molecule has 2 N–H and O–H groups in total. The van der Waals surface area contributed by atoms with E-state index in [0.29, 0.717) is 6.54 Å². The van der Waals surface area contributed by atoms with Crippen molar-refractivity contribution in [2.75, 3.05) is 19.6 Å². The molecular formula is C24H32N2O5. The maximum atomic E-state index is 12.9. The molecule has 7 heteroatoms. The van der Waals surface area contributed by atoms with Crippen LogP contribution < -0.4 is 0 Å². The first-order chi connectivity index (χ1) is 14.6. The van der Waals surface area contributed by atoms with Gasteiger partial charge in [-0.05, 0) is 83.0 Å². The molecular weight excluding hydrogens is 396 g/mol. The predicted octanol–water partition coefficient (Wildman–Crippen LogP) is 3.93. The van der Waals surface area contributed by atoms with Gasteiger partial charge in [0, 0.05) is 22.6 Å². The molecule has 168 valence electrons. The largest absolute Gasteiger partial charge is 0.473 e. The van der Waals surface area contributed by atoms with E-state index in [2.05, 4.69) is 61.4 Å². The van der Waals surface area contributed by atoms with Crippen LogP contribution in [0.15, 0.2) is 24.3 Å². The lowest BCUT2D eigenvalue weighted by atomic mass is 10.1. The van der Waals surface area contributed by atoms with Gasteiger partial charge in [-0.3, -0.25) is 9.69 Å². The summed E-state index contributed by atoms with van der Waals surface area (Å²) in [5.41, 5.74) is 6.78. The van der Waals surface area contributed by atoms with Crippen LogP contribution in [0.2, 0.25) is 0 Å². The molecule has 0 atom stereocenters. The summed E-state index contributed by atoms with van der Waals surface area (Å²) in [5.74, 6) is -3.39. The van der Waals surface area contributed by atoms with Crippen LogP contribution in [0.1, 0.15) is 58.6 Å². The minimum absolute atomic E-state index is 0.255. The molecule has 31 heavy (non-hydrogen) atoms. The number of carbonyl (C=O) groups is 3. The number of benzene rings is 1. The summed E-state index contributed by atoms with van der Waals surface area (Å²) in [5, 5.41) is 14.8. The first-order valence-corrected chi connectivity index (χ1v) is 10.6. The second-order valence-corrected chi connectivity index (χ2v) is 8.11. The van der Waals surface area contributed by atoms with E-state index in [1.54, 1.807) is 0 Å². The van der Waals surface area contributed by atoms with Gasteiger partial charge in [0.2, 0.25) is 0 Å². The van der Waals surface area contributed by atoms with E-state index in [0.717, 1.165) is 35.7 Å². The Morgan fingerprint density at radius 1 is 0.839 bits per heavy atom. The molecule has 0 radical (unpaired) electrons. The van der Waals surface area contributed by atoms with Crippen molar-refractivity contribution in [1.82, 2.24) is 9.47 Å². The highest BCUT2D eigenvalue weighted by Gasteiger charge is 2.20. The third-order valence-corrected chi connectivity index (χ3v) is 5.73. The van der Waals surface area contributed by atoms with Crippen LogP contribution >= 0.6 is 0 Å². The van der Waals surface area contributed by atoms with Crippen molar-refractivity contribution < 1.29 is 24.6 Å². The van der Waals surface area contributed by atoms with Gasteiger partial charge in [0.15, 0.2) is 5.78 Å². The average molecular weight is 429 g/mol. The van der Waals surface area contributed by atoms with Gasteiger partial charge in [-0.15, -0.1) is 0 Å². The van der Waals surface area contributed by atoms with E-state index in [-0.39, 0.29) is 5.78 Å². The lowest BCUT2D eigenvalue weighted by Crippen LogP contribution is -2.31. The van der Waals surface area contributed by atoms with E-state index in [4.69, 9.17) is 19.8 Å². The molecule has 1 saturated heterocycles. The molecule has 1 aliphatic rings.